The number of fused-ring (bicyclic) bond motifs is 1. The number of nitrogens with zero attached hydrogens (tertiary/aromatic N) is 2. The number of methoxy groups -OCH3 is 1. The van der Waals surface area contributed by atoms with Crippen molar-refractivity contribution in [2.45, 2.75) is 33.7 Å². The number of halogens is 2. The molecule has 0 fully saturated rings. The summed E-state index contributed by atoms with van der Waals surface area (Å²) in [6.07, 6.45) is 1.78. The highest BCUT2D eigenvalue weighted by atomic mass is 79.9. The van der Waals surface area contributed by atoms with E-state index in [4.69, 9.17) is 18.9 Å². The summed E-state index contributed by atoms with van der Waals surface area (Å²) in [5.74, 6) is 1.36. The molecule has 4 rings (SSSR count). The van der Waals surface area contributed by atoms with Crippen LogP contribution in [0.5, 0.6) is 17.2 Å². The molecule has 0 saturated carbocycles. The summed E-state index contributed by atoms with van der Waals surface area (Å²) < 4.78 is 25.8. The molecule has 0 spiro atoms. The predicted octanol–water partition coefficient (Wildman–Crippen LogP) is 5.13. The van der Waals surface area contributed by atoms with Gasteiger partial charge in [0.25, 0.3) is 5.56 Å². The standard InChI is InChI=1S/C28H28Br2N2O6S/c1-6-36-21-14-22(37-7-2)19(30)12-17(21)13-23-26(33)32-25(16-9-10-20(35-5)18(29)11-16)24(27(34)38-8-3)15(4)31-28(32)39-23/h9-14,25H,6-8H2,1-5H3/b23-13-/t25-/m1/s1. The van der Waals surface area contributed by atoms with Crippen molar-refractivity contribution in [1.82, 2.24) is 4.57 Å². The summed E-state index contributed by atoms with van der Waals surface area (Å²) in [5.41, 5.74) is 1.95. The molecule has 8 nitrogen and oxygen atoms in total. The molecule has 1 aromatic heterocycles. The smallest absolute Gasteiger partial charge is 0.338 e. The molecule has 1 atom stereocenters. The maximum Gasteiger partial charge on any atom is 0.338 e. The van der Waals surface area contributed by atoms with E-state index in [9.17, 15) is 9.59 Å². The van der Waals surface area contributed by atoms with Gasteiger partial charge < -0.3 is 18.9 Å². The zero-order chi connectivity index (χ0) is 28.3. The van der Waals surface area contributed by atoms with Gasteiger partial charge in [0.15, 0.2) is 4.80 Å². The Morgan fingerprint density at radius 3 is 2.36 bits per heavy atom. The van der Waals surface area contributed by atoms with Crippen molar-refractivity contribution >= 4 is 55.2 Å². The Morgan fingerprint density at radius 1 is 1.03 bits per heavy atom. The van der Waals surface area contributed by atoms with Crippen molar-refractivity contribution in [2.75, 3.05) is 26.9 Å². The lowest BCUT2D eigenvalue weighted by atomic mass is 9.96. The Labute approximate surface area is 246 Å². The highest BCUT2D eigenvalue weighted by Crippen LogP contribution is 2.36. The fourth-order valence-corrected chi connectivity index (χ4v) is 6.38. The number of allylic oxidation sites excluding steroid dienone is 1. The predicted molar refractivity (Wildman–Crippen MR) is 158 cm³/mol. The quantitative estimate of drug-likeness (QED) is 0.292. The molecular weight excluding hydrogens is 652 g/mol. The molecule has 206 valence electrons. The molecule has 2 aromatic carbocycles. The first-order valence-corrected chi connectivity index (χ1v) is 14.8. The third kappa shape index (κ3) is 5.85. The number of thiazole rings is 1. The first-order chi connectivity index (χ1) is 18.7. The number of carbonyl (C=O) groups is 1. The van der Waals surface area contributed by atoms with Crippen LogP contribution in [0.25, 0.3) is 6.08 Å². The third-order valence-electron chi connectivity index (χ3n) is 5.96. The number of benzene rings is 2. The van der Waals surface area contributed by atoms with E-state index in [1.54, 1.807) is 43.7 Å². The lowest BCUT2D eigenvalue weighted by Gasteiger charge is -2.25. The molecule has 0 bridgehead atoms. The summed E-state index contributed by atoms with van der Waals surface area (Å²) in [6, 6.07) is 8.40. The average molecular weight is 680 g/mol. The van der Waals surface area contributed by atoms with Gasteiger partial charge in [-0.3, -0.25) is 9.36 Å². The first-order valence-electron chi connectivity index (χ1n) is 12.4. The summed E-state index contributed by atoms with van der Waals surface area (Å²) in [6.45, 7) is 8.46. The van der Waals surface area contributed by atoms with E-state index in [-0.39, 0.29) is 12.2 Å². The van der Waals surface area contributed by atoms with E-state index in [1.165, 1.54) is 11.3 Å². The maximum atomic E-state index is 14.0. The Hall–Kier alpha value is -2.89. The first kappa shape index (κ1) is 29.1. The van der Waals surface area contributed by atoms with Gasteiger partial charge in [-0.05, 0) is 89.4 Å². The minimum absolute atomic E-state index is 0.200. The summed E-state index contributed by atoms with van der Waals surface area (Å²) in [4.78, 5) is 32.2. The molecule has 1 aliphatic rings. The van der Waals surface area contributed by atoms with Gasteiger partial charge in [-0.15, -0.1) is 0 Å². The van der Waals surface area contributed by atoms with Crippen molar-refractivity contribution in [3.05, 3.63) is 81.4 Å². The van der Waals surface area contributed by atoms with E-state index >= 15 is 0 Å². The monoisotopic (exact) mass is 678 g/mol. The van der Waals surface area contributed by atoms with Crippen LogP contribution in [0.2, 0.25) is 0 Å². The summed E-state index contributed by atoms with van der Waals surface area (Å²) >= 11 is 8.33. The average Bonchev–Trinajstić information content (AvgIpc) is 3.20. The molecule has 0 N–H and O–H groups in total. The van der Waals surface area contributed by atoms with Gasteiger partial charge in [-0.25, -0.2) is 9.79 Å². The van der Waals surface area contributed by atoms with Crippen LogP contribution in [-0.4, -0.2) is 37.5 Å². The fourth-order valence-electron chi connectivity index (χ4n) is 4.31. The maximum absolute atomic E-state index is 14.0. The van der Waals surface area contributed by atoms with Crippen molar-refractivity contribution in [1.29, 1.82) is 0 Å². The van der Waals surface area contributed by atoms with Crippen molar-refractivity contribution in [3.63, 3.8) is 0 Å². The lowest BCUT2D eigenvalue weighted by Crippen LogP contribution is -2.40. The van der Waals surface area contributed by atoms with E-state index in [2.05, 4.69) is 36.9 Å². The Kier molecular flexibility index (Phi) is 9.35. The van der Waals surface area contributed by atoms with Crippen LogP contribution in [0.3, 0.4) is 0 Å². The van der Waals surface area contributed by atoms with Crippen LogP contribution in [0.1, 0.15) is 44.9 Å². The minimum atomic E-state index is -0.733. The van der Waals surface area contributed by atoms with Crippen LogP contribution >= 0.6 is 43.2 Å². The second-order valence-electron chi connectivity index (χ2n) is 8.38. The minimum Gasteiger partial charge on any atom is -0.496 e. The van der Waals surface area contributed by atoms with E-state index in [1.807, 2.05) is 32.0 Å². The lowest BCUT2D eigenvalue weighted by molar-refractivity contribution is -0.139. The van der Waals surface area contributed by atoms with Gasteiger partial charge in [0.1, 0.15) is 17.2 Å². The third-order valence-corrected chi connectivity index (χ3v) is 8.18. The van der Waals surface area contributed by atoms with Gasteiger partial charge in [0, 0.05) is 11.6 Å². The second-order valence-corrected chi connectivity index (χ2v) is 11.1. The van der Waals surface area contributed by atoms with Gasteiger partial charge in [-0.1, -0.05) is 17.4 Å². The molecule has 3 aromatic rings. The Balaban J connectivity index is 1.95. The number of esters is 1. The largest absolute Gasteiger partial charge is 0.496 e. The van der Waals surface area contributed by atoms with Crippen LogP contribution < -0.4 is 29.1 Å². The number of carbonyl (C=O) groups excluding carboxylic acids is 1. The van der Waals surface area contributed by atoms with Crippen LogP contribution in [0.15, 0.2) is 60.3 Å². The zero-order valence-electron chi connectivity index (χ0n) is 22.2. The molecule has 0 radical (unpaired) electrons. The fraction of sp³-hybridized carbons (Fsp3) is 0.321. The van der Waals surface area contributed by atoms with Crippen molar-refractivity contribution in [3.8, 4) is 17.2 Å². The number of ether oxygens (including phenoxy) is 4. The summed E-state index contributed by atoms with van der Waals surface area (Å²) in [5, 5.41) is 0. The second kappa shape index (κ2) is 12.5. The Bertz CT molecular complexity index is 1630. The van der Waals surface area contributed by atoms with Crippen LogP contribution in [0.4, 0.5) is 0 Å². The number of aromatic nitrogens is 1. The van der Waals surface area contributed by atoms with E-state index < -0.39 is 12.0 Å². The highest BCUT2D eigenvalue weighted by Gasteiger charge is 2.33. The normalized spacial score (nSPS) is 15.1. The van der Waals surface area contributed by atoms with Crippen molar-refractivity contribution < 1.29 is 23.7 Å². The molecule has 39 heavy (non-hydrogen) atoms. The molecule has 0 amide bonds. The zero-order valence-corrected chi connectivity index (χ0v) is 26.2. The van der Waals surface area contributed by atoms with Crippen LogP contribution in [0, 0.1) is 0 Å². The van der Waals surface area contributed by atoms with E-state index in [0.717, 1.165) is 4.47 Å². The molecule has 0 saturated heterocycles. The van der Waals surface area contributed by atoms with Gasteiger partial charge >= 0.3 is 5.97 Å². The topological polar surface area (TPSA) is 88.4 Å². The SMILES string of the molecule is CCOC(=O)C1=C(C)N=c2s/c(=C\c3cc(Br)c(OCC)cc3OCC)c(=O)n2[C@@H]1c1ccc(OC)c(Br)c1. The molecule has 2 heterocycles. The molecule has 0 aliphatic carbocycles. The molecule has 11 heteroatoms. The molecule has 0 unspecified atom stereocenters. The molecule has 1 aliphatic heterocycles. The summed E-state index contributed by atoms with van der Waals surface area (Å²) in [7, 11) is 1.58. The highest BCUT2D eigenvalue weighted by molar-refractivity contribution is 9.10. The van der Waals surface area contributed by atoms with Gasteiger partial charge in [0.05, 0.1) is 57.7 Å². The van der Waals surface area contributed by atoms with Crippen LogP contribution in [-0.2, 0) is 9.53 Å². The van der Waals surface area contributed by atoms with Crippen molar-refractivity contribution in [2.24, 2.45) is 4.99 Å². The van der Waals surface area contributed by atoms with Gasteiger partial charge in [0.2, 0.25) is 0 Å². The molecular formula is C28H28Br2N2O6S. The Morgan fingerprint density at radius 2 is 1.72 bits per heavy atom. The number of hydrogen-bond acceptors (Lipinski definition) is 8. The number of hydrogen-bond donors (Lipinski definition) is 0. The number of rotatable bonds is 9. The van der Waals surface area contributed by atoms with Gasteiger partial charge in [-0.2, -0.15) is 0 Å². The van der Waals surface area contributed by atoms with E-state index in [0.29, 0.717) is 66.7 Å².